The third-order valence-corrected chi connectivity index (χ3v) is 3.92. The largest absolute Gasteiger partial charge is 0.353 e. The predicted octanol–water partition coefficient (Wildman–Crippen LogP) is 3.60. The zero-order valence-corrected chi connectivity index (χ0v) is 15.0. The molecule has 1 aromatic heterocycles. The van der Waals surface area contributed by atoms with Gasteiger partial charge >= 0.3 is 0 Å². The highest BCUT2D eigenvalue weighted by atomic mass is 32.1. The van der Waals surface area contributed by atoms with Crippen LogP contribution in [-0.2, 0) is 13.0 Å². The first-order valence-electron chi connectivity index (χ1n) is 8.04. The van der Waals surface area contributed by atoms with Crippen LogP contribution < -0.4 is 10.6 Å². The minimum absolute atomic E-state index is 0.331. The molecule has 0 spiro atoms. The van der Waals surface area contributed by atoms with Crippen molar-refractivity contribution >= 4 is 23.0 Å². The predicted molar refractivity (Wildman–Crippen MR) is 103 cm³/mol. The number of hydrogen-bond donors (Lipinski definition) is 2. The van der Waals surface area contributed by atoms with Crippen LogP contribution in [0.4, 0.5) is 5.69 Å². The molecule has 0 bridgehead atoms. The number of aryl methyl sites for hydroxylation is 1. The van der Waals surface area contributed by atoms with Gasteiger partial charge in [0.25, 0.3) is 0 Å². The maximum atomic E-state index is 8.68. The molecule has 0 saturated carbocycles. The zero-order valence-electron chi connectivity index (χ0n) is 14.2. The first-order chi connectivity index (χ1) is 12.6. The SMILES string of the molecule is Cc1ccc(-c2noc(CNC(=S)Nc3ccc(CC#N)cc3)n2)cc1. The highest BCUT2D eigenvalue weighted by molar-refractivity contribution is 7.80. The summed E-state index contributed by atoms with van der Waals surface area (Å²) in [6.45, 7) is 2.36. The molecule has 1 heterocycles. The molecule has 0 aliphatic rings. The van der Waals surface area contributed by atoms with Crippen molar-refractivity contribution in [2.75, 3.05) is 5.32 Å². The minimum atomic E-state index is 0.331. The standard InChI is InChI=1S/C19H17N5OS/c1-13-2-6-15(7-3-13)18-23-17(25-24-18)12-21-19(26)22-16-8-4-14(5-9-16)10-11-20/h2-9H,10,12H2,1H3,(H2,21,22,26). The second-order valence-corrected chi connectivity index (χ2v) is 6.13. The molecule has 0 saturated heterocycles. The van der Waals surface area contributed by atoms with Crippen LogP contribution in [0.2, 0.25) is 0 Å². The Kier molecular flexibility index (Phi) is 5.56. The Labute approximate surface area is 156 Å². The lowest BCUT2D eigenvalue weighted by molar-refractivity contribution is 0.376. The molecular formula is C19H17N5OS. The van der Waals surface area contributed by atoms with Crippen molar-refractivity contribution in [1.82, 2.24) is 15.5 Å². The van der Waals surface area contributed by atoms with E-state index >= 15 is 0 Å². The Morgan fingerprint density at radius 3 is 2.58 bits per heavy atom. The Hall–Kier alpha value is -3.24. The van der Waals surface area contributed by atoms with E-state index in [1.54, 1.807) is 0 Å². The van der Waals surface area contributed by atoms with E-state index in [1.165, 1.54) is 5.56 Å². The van der Waals surface area contributed by atoms with Gasteiger partial charge in [0, 0.05) is 11.3 Å². The molecule has 0 atom stereocenters. The number of benzene rings is 2. The van der Waals surface area contributed by atoms with Crippen molar-refractivity contribution in [2.24, 2.45) is 0 Å². The quantitative estimate of drug-likeness (QED) is 0.670. The molecule has 0 radical (unpaired) electrons. The van der Waals surface area contributed by atoms with Gasteiger partial charge in [-0.05, 0) is 36.8 Å². The fourth-order valence-electron chi connectivity index (χ4n) is 2.27. The average Bonchev–Trinajstić information content (AvgIpc) is 3.11. The summed E-state index contributed by atoms with van der Waals surface area (Å²) in [4.78, 5) is 4.36. The molecule has 130 valence electrons. The fourth-order valence-corrected chi connectivity index (χ4v) is 2.46. The lowest BCUT2D eigenvalue weighted by Gasteiger charge is -2.09. The van der Waals surface area contributed by atoms with E-state index < -0.39 is 0 Å². The third-order valence-electron chi connectivity index (χ3n) is 3.67. The maximum absolute atomic E-state index is 8.68. The number of nitrogens with one attached hydrogen (secondary N) is 2. The maximum Gasteiger partial charge on any atom is 0.246 e. The first kappa shape index (κ1) is 17.6. The van der Waals surface area contributed by atoms with Crippen LogP contribution in [0.1, 0.15) is 17.0 Å². The molecule has 7 heteroatoms. The topological polar surface area (TPSA) is 86.8 Å². The van der Waals surface area contributed by atoms with Crippen molar-refractivity contribution in [3.63, 3.8) is 0 Å². The molecule has 0 amide bonds. The van der Waals surface area contributed by atoms with Crippen LogP contribution in [0.5, 0.6) is 0 Å². The molecule has 3 rings (SSSR count). The summed E-state index contributed by atoms with van der Waals surface area (Å²) < 4.78 is 5.25. The lowest BCUT2D eigenvalue weighted by Crippen LogP contribution is -2.28. The van der Waals surface area contributed by atoms with E-state index in [9.17, 15) is 0 Å². The highest BCUT2D eigenvalue weighted by Gasteiger charge is 2.09. The van der Waals surface area contributed by atoms with Gasteiger partial charge in [0.2, 0.25) is 11.7 Å². The Balaban J connectivity index is 1.53. The van der Waals surface area contributed by atoms with E-state index in [0.29, 0.717) is 29.8 Å². The second kappa shape index (κ2) is 8.23. The molecular weight excluding hydrogens is 346 g/mol. The van der Waals surface area contributed by atoms with Crippen molar-refractivity contribution in [3.8, 4) is 17.5 Å². The van der Waals surface area contributed by atoms with Gasteiger partial charge in [0.15, 0.2) is 5.11 Å². The number of nitrogens with zero attached hydrogens (tertiary/aromatic N) is 3. The Bertz CT molecular complexity index is 926. The van der Waals surface area contributed by atoms with Crippen LogP contribution in [0.3, 0.4) is 0 Å². The summed E-state index contributed by atoms with van der Waals surface area (Å²) >= 11 is 5.27. The van der Waals surface area contributed by atoms with Gasteiger partial charge in [0.1, 0.15) is 0 Å². The average molecular weight is 363 g/mol. The molecule has 0 unspecified atom stereocenters. The molecule has 6 nitrogen and oxygen atoms in total. The fraction of sp³-hybridized carbons (Fsp3) is 0.158. The monoisotopic (exact) mass is 363 g/mol. The van der Waals surface area contributed by atoms with Gasteiger partial charge in [-0.3, -0.25) is 0 Å². The molecule has 0 fully saturated rings. The number of nitriles is 1. The van der Waals surface area contributed by atoms with Crippen LogP contribution >= 0.6 is 12.2 Å². The summed E-state index contributed by atoms with van der Waals surface area (Å²) in [6.07, 6.45) is 0.392. The molecule has 0 aliphatic heterocycles. The van der Waals surface area contributed by atoms with Gasteiger partial charge in [-0.1, -0.05) is 47.1 Å². The van der Waals surface area contributed by atoms with Gasteiger partial charge in [-0.2, -0.15) is 10.2 Å². The van der Waals surface area contributed by atoms with Crippen molar-refractivity contribution in [3.05, 3.63) is 65.5 Å². The summed E-state index contributed by atoms with van der Waals surface area (Å²) in [6, 6.07) is 17.6. The van der Waals surface area contributed by atoms with Crippen LogP contribution in [-0.4, -0.2) is 15.3 Å². The smallest absolute Gasteiger partial charge is 0.246 e. The van der Waals surface area contributed by atoms with Crippen molar-refractivity contribution < 1.29 is 4.52 Å². The van der Waals surface area contributed by atoms with Gasteiger partial charge in [-0.25, -0.2) is 0 Å². The van der Waals surface area contributed by atoms with E-state index in [0.717, 1.165) is 16.8 Å². The van der Waals surface area contributed by atoms with Gasteiger partial charge in [-0.15, -0.1) is 0 Å². The van der Waals surface area contributed by atoms with Crippen molar-refractivity contribution in [1.29, 1.82) is 5.26 Å². The number of hydrogen-bond acceptors (Lipinski definition) is 5. The second-order valence-electron chi connectivity index (χ2n) is 5.72. The normalized spacial score (nSPS) is 10.2. The molecule has 3 aromatic rings. The molecule has 26 heavy (non-hydrogen) atoms. The molecule has 2 N–H and O–H groups in total. The Morgan fingerprint density at radius 1 is 1.15 bits per heavy atom. The van der Waals surface area contributed by atoms with E-state index in [1.807, 2.05) is 55.5 Å². The first-order valence-corrected chi connectivity index (χ1v) is 8.45. The molecule has 0 aliphatic carbocycles. The summed E-state index contributed by atoms with van der Waals surface area (Å²) in [7, 11) is 0. The van der Waals surface area contributed by atoms with Gasteiger partial charge < -0.3 is 15.2 Å². The van der Waals surface area contributed by atoms with E-state index in [4.69, 9.17) is 22.0 Å². The zero-order chi connectivity index (χ0) is 18.4. The number of anilines is 1. The van der Waals surface area contributed by atoms with Crippen LogP contribution in [0.25, 0.3) is 11.4 Å². The lowest BCUT2D eigenvalue weighted by atomic mass is 10.1. The van der Waals surface area contributed by atoms with E-state index in [2.05, 4.69) is 26.8 Å². The summed E-state index contributed by atoms with van der Waals surface area (Å²) in [5.41, 5.74) is 3.89. The highest BCUT2D eigenvalue weighted by Crippen LogP contribution is 2.16. The minimum Gasteiger partial charge on any atom is -0.353 e. The van der Waals surface area contributed by atoms with E-state index in [-0.39, 0.29) is 0 Å². The molecule has 2 aromatic carbocycles. The number of aromatic nitrogens is 2. The Morgan fingerprint density at radius 2 is 1.88 bits per heavy atom. The van der Waals surface area contributed by atoms with Crippen LogP contribution in [0.15, 0.2) is 53.1 Å². The van der Waals surface area contributed by atoms with Crippen LogP contribution in [0, 0.1) is 18.3 Å². The number of thiocarbonyl (C=S) groups is 1. The van der Waals surface area contributed by atoms with Gasteiger partial charge in [0.05, 0.1) is 19.0 Å². The summed E-state index contributed by atoms with van der Waals surface area (Å²) in [5, 5.41) is 19.2. The number of rotatable bonds is 5. The summed E-state index contributed by atoms with van der Waals surface area (Å²) in [5.74, 6) is 1.00. The third kappa shape index (κ3) is 4.65. The van der Waals surface area contributed by atoms with Crippen molar-refractivity contribution in [2.45, 2.75) is 19.9 Å².